The number of hydrogen-bond donors (Lipinski definition) is 0. The van der Waals surface area contributed by atoms with Crippen LogP contribution in [0, 0.1) is 6.92 Å². The van der Waals surface area contributed by atoms with Crippen molar-refractivity contribution in [1.82, 2.24) is 4.67 Å². The lowest BCUT2D eigenvalue weighted by molar-refractivity contribution is 0.612. The number of aryl methyl sites for hydroxylation is 1. The van der Waals surface area contributed by atoms with Crippen LogP contribution in [-0.4, -0.2) is 24.8 Å². The third-order valence-electron chi connectivity index (χ3n) is 4.37. The Morgan fingerprint density at radius 2 is 2.11 bits per heavy atom. The molecule has 1 aliphatic carbocycles. The predicted octanol–water partition coefficient (Wildman–Crippen LogP) is 2.07. The van der Waals surface area contributed by atoms with Crippen molar-refractivity contribution in [2.75, 3.05) is 16.8 Å². The van der Waals surface area contributed by atoms with Gasteiger partial charge in [0.15, 0.2) is 5.71 Å². The summed E-state index contributed by atoms with van der Waals surface area (Å²) >= 11 is 0. The molecule has 4 rings (SSSR count). The van der Waals surface area contributed by atoms with Crippen LogP contribution in [0.2, 0.25) is 0 Å². The largest absolute Gasteiger partial charge is 0.453 e. The summed E-state index contributed by atoms with van der Waals surface area (Å²) in [4.78, 5) is 4.69. The molecule has 0 bridgehead atoms. The van der Waals surface area contributed by atoms with Gasteiger partial charge >= 0.3 is 5.96 Å². The zero-order chi connectivity index (χ0) is 12.3. The number of fused-ring (bicyclic) bond motifs is 5. The van der Waals surface area contributed by atoms with E-state index in [1.54, 1.807) is 0 Å². The van der Waals surface area contributed by atoms with Gasteiger partial charge in [-0.2, -0.15) is 0 Å². The third kappa shape index (κ3) is 1.17. The number of rotatable bonds is 0. The molecule has 3 aliphatic rings. The van der Waals surface area contributed by atoms with Gasteiger partial charge in [-0.25, -0.2) is 14.5 Å². The highest BCUT2D eigenvalue weighted by molar-refractivity contribution is 6.23. The molecule has 3 heteroatoms. The first-order valence-electron chi connectivity index (χ1n) is 6.84. The Morgan fingerprint density at radius 1 is 1.22 bits per heavy atom. The Balaban J connectivity index is 1.89. The van der Waals surface area contributed by atoms with Crippen molar-refractivity contribution < 1.29 is 0 Å². The second kappa shape index (κ2) is 3.39. The molecular formula is C15H18N3+. The minimum atomic E-state index is 0.527. The van der Waals surface area contributed by atoms with Crippen LogP contribution in [-0.2, 0) is 0 Å². The zero-order valence-electron chi connectivity index (χ0n) is 11.0. The fourth-order valence-electron chi connectivity index (χ4n) is 3.44. The van der Waals surface area contributed by atoms with E-state index < -0.39 is 0 Å². The van der Waals surface area contributed by atoms with Crippen LogP contribution in [0.25, 0.3) is 0 Å². The van der Waals surface area contributed by atoms with Crippen LogP contribution < -0.4 is 14.5 Å². The molecule has 0 amide bonds. The molecule has 2 aliphatic heterocycles. The first-order valence-corrected chi connectivity index (χ1v) is 6.84. The Kier molecular flexibility index (Phi) is 1.93. The normalized spacial score (nSPS) is 24.4. The molecule has 1 saturated carbocycles. The summed E-state index contributed by atoms with van der Waals surface area (Å²) in [6, 6.07) is 7.22. The van der Waals surface area contributed by atoms with Gasteiger partial charge in [-0.3, -0.25) is 0 Å². The Hall–Kier alpha value is -1.73. The maximum Gasteiger partial charge on any atom is 0.453 e. The lowest BCUT2D eigenvalue weighted by atomic mass is 9.92. The summed E-state index contributed by atoms with van der Waals surface area (Å²) in [6.07, 6.45) is 5.07. The molecule has 0 N–H and O–H groups in total. The van der Waals surface area contributed by atoms with E-state index in [1.807, 2.05) is 0 Å². The Morgan fingerprint density at radius 3 is 3.00 bits per heavy atom. The molecule has 3 nitrogen and oxygen atoms in total. The molecule has 1 fully saturated rings. The SMILES string of the molecule is Cc1ccc2c(c1)N1C(=[N+]=C3CCCCC31)N2C. The topological polar surface area (TPSA) is 20.6 Å². The number of hydrogen-bond acceptors (Lipinski definition) is 2. The van der Waals surface area contributed by atoms with E-state index in [2.05, 4.69) is 42.0 Å². The van der Waals surface area contributed by atoms with Crippen molar-refractivity contribution in [2.45, 2.75) is 38.6 Å². The van der Waals surface area contributed by atoms with Crippen molar-refractivity contribution in [3.05, 3.63) is 23.8 Å². The average molecular weight is 240 g/mol. The summed E-state index contributed by atoms with van der Waals surface area (Å²) in [5, 5.41) is 0. The molecule has 18 heavy (non-hydrogen) atoms. The van der Waals surface area contributed by atoms with E-state index in [0.717, 1.165) is 5.96 Å². The minimum absolute atomic E-state index is 0.527. The van der Waals surface area contributed by atoms with Crippen molar-refractivity contribution in [3.8, 4) is 0 Å². The molecule has 1 atom stereocenters. The van der Waals surface area contributed by atoms with Gasteiger partial charge in [0.2, 0.25) is 0 Å². The minimum Gasteiger partial charge on any atom is -0.240 e. The van der Waals surface area contributed by atoms with Gasteiger partial charge in [-0.1, -0.05) is 6.07 Å². The smallest absolute Gasteiger partial charge is 0.240 e. The van der Waals surface area contributed by atoms with Gasteiger partial charge < -0.3 is 0 Å². The van der Waals surface area contributed by atoms with Crippen molar-refractivity contribution in [1.29, 1.82) is 0 Å². The summed E-state index contributed by atoms with van der Waals surface area (Å²) in [5.41, 5.74) is 5.37. The molecule has 1 unspecified atom stereocenters. The van der Waals surface area contributed by atoms with Gasteiger partial charge in [0.1, 0.15) is 17.4 Å². The maximum absolute atomic E-state index is 4.88. The molecular weight excluding hydrogens is 222 g/mol. The predicted molar refractivity (Wildman–Crippen MR) is 76.5 cm³/mol. The van der Waals surface area contributed by atoms with Crippen LogP contribution in [0.3, 0.4) is 0 Å². The van der Waals surface area contributed by atoms with E-state index in [9.17, 15) is 0 Å². The number of benzene rings is 1. The second-order valence-electron chi connectivity index (χ2n) is 5.59. The lowest BCUT2D eigenvalue weighted by Crippen LogP contribution is -2.43. The molecule has 0 radical (unpaired) electrons. The van der Waals surface area contributed by atoms with E-state index in [1.165, 1.54) is 48.3 Å². The van der Waals surface area contributed by atoms with Crippen molar-refractivity contribution in [2.24, 2.45) is 0 Å². The molecule has 0 saturated heterocycles. The Labute approximate surface area is 107 Å². The second-order valence-corrected chi connectivity index (χ2v) is 5.59. The van der Waals surface area contributed by atoms with Crippen molar-refractivity contribution in [3.63, 3.8) is 0 Å². The number of guanidine groups is 1. The fraction of sp³-hybridized carbons (Fsp3) is 0.467. The van der Waals surface area contributed by atoms with Crippen LogP contribution in [0.15, 0.2) is 18.2 Å². The average Bonchev–Trinajstić information content (AvgIpc) is 2.87. The Bertz CT molecular complexity index is 596. The molecule has 0 aromatic heterocycles. The van der Waals surface area contributed by atoms with E-state index in [4.69, 9.17) is 4.67 Å². The third-order valence-corrected chi connectivity index (χ3v) is 4.37. The number of anilines is 2. The summed E-state index contributed by atoms with van der Waals surface area (Å²) < 4.78 is 4.88. The number of nitrogens with zero attached hydrogens (tertiary/aromatic N) is 3. The van der Waals surface area contributed by atoms with Crippen LogP contribution >= 0.6 is 0 Å². The highest BCUT2D eigenvalue weighted by Gasteiger charge is 2.51. The summed E-state index contributed by atoms with van der Waals surface area (Å²) in [6.45, 7) is 2.16. The van der Waals surface area contributed by atoms with E-state index >= 15 is 0 Å². The lowest BCUT2D eigenvalue weighted by Gasteiger charge is -2.21. The van der Waals surface area contributed by atoms with Gasteiger partial charge in [0.25, 0.3) is 0 Å². The van der Waals surface area contributed by atoms with Crippen molar-refractivity contribution >= 4 is 23.0 Å². The highest BCUT2D eigenvalue weighted by atomic mass is 15.4. The maximum atomic E-state index is 4.88. The highest BCUT2D eigenvalue weighted by Crippen LogP contribution is 2.40. The molecule has 1 aromatic rings. The molecule has 92 valence electrons. The standard InChI is InChI=1S/C15H18N3/c1-10-7-8-13-14(9-10)18-12-6-4-3-5-11(12)16-15(18)17(13)2/h7-9,12H,3-6H2,1-2H3/q+1. The van der Waals surface area contributed by atoms with Gasteiger partial charge in [0.05, 0.1) is 7.05 Å². The van der Waals surface area contributed by atoms with Gasteiger partial charge in [0, 0.05) is 6.42 Å². The molecule has 0 spiro atoms. The van der Waals surface area contributed by atoms with Crippen LogP contribution in [0.4, 0.5) is 11.4 Å². The van der Waals surface area contributed by atoms with E-state index in [0.29, 0.717) is 6.04 Å². The fourth-order valence-corrected chi connectivity index (χ4v) is 3.44. The monoisotopic (exact) mass is 240 g/mol. The van der Waals surface area contributed by atoms with Crippen LogP contribution in [0.1, 0.15) is 31.2 Å². The quantitative estimate of drug-likeness (QED) is 0.647. The van der Waals surface area contributed by atoms with E-state index in [-0.39, 0.29) is 0 Å². The molecule has 2 heterocycles. The zero-order valence-corrected chi connectivity index (χ0v) is 11.0. The molecule has 1 aromatic carbocycles. The summed E-state index contributed by atoms with van der Waals surface area (Å²) in [5.74, 6) is 1.14. The first-order chi connectivity index (χ1) is 8.75. The van der Waals surface area contributed by atoms with Gasteiger partial charge in [-0.15, -0.1) is 0 Å². The van der Waals surface area contributed by atoms with Gasteiger partial charge in [-0.05, 0) is 43.9 Å². The van der Waals surface area contributed by atoms with Crippen LogP contribution in [0.5, 0.6) is 0 Å². The first kappa shape index (κ1) is 10.2. The summed E-state index contributed by atoms with van der Waals surface area (Å²) in [7, 11) is 2.13.